The second kappa shape index (κ2) is 8.86. The van der Waals surface area contributed by atoms with Crippen LogP contribution in [0.2, 0.25) is 0 Å². The molecule has 4 aromatic heterocycles. The molecule has 0 spiro atoms. The standard InChI is InChI=1S/C25H27FN8O/c26-21-6-5-19(20-11-28-31-24(20)21)22-15-34(32-30-22)14-18-13-33-12-17(4-7-23(33)29-18)10-27-16-25(35)8-2-1-3-9-25/h4-7,11-13,15,27,35H,1-3,8-10,14,16H2,(H,28,31). The van der Waals surface area contributed by atoms with Crippen LogP contribution in [0.3, 0.4) is 0 Å². The monoisotopic (exact) mass is 474 g/mol. The first-order valence-electron chi connectivity index (χ1n) is 12.0. The highest BCUT2D eigenvalue weighted by Crippen LogP contribution is 2.28. The van der Waals surface area contributed by atoms with Gasteiger partial charge in [0.2, 0.25) is 0 Å². The Hall–Kier alpha value is -3.63. The third-order valence-corrected chi connectivity index (χ3v) is 6.83. The van der Waals surface area contributed by atoms with Crippen LogP contribution in [0.15, 0.2) is 49.1 Å². The van der Waals surface area contributed by atoms with Crippen molar-refractivity contribution in [1.29, 1.82) is 0 Å². The number of imidazole rings is 1. The van der Waals surface area contributed by atoms with E-state index in [0.29, 0.717) is 36.2 Å². The molecule has 0 radical (unpaired) electrons. The molecule has 1 aromatic carbocycles. The first-order valence-corrected chi connectivity index (χ1v) is 12.0. The smallest absolute Gasteiger partial charge is 0.148 e. The molecule has 0 amide bonds. The summed E-state index contributed by atoms with van der Waals surface area (Å²) in [5.74, 6) is -0.349. The molecule has 180 valence electrons. The van der Waals surface area contributed by atoms with E-state index in [1.165, 1.54) is 12.5 Å². The van der Waals surface area contributed by atoms with Gasteiger partial charge in [-0.05, 0) is 36.6 Å². The number of H-pyrrole nitrogens is 1. The van der Waals surface area contributed by atoms with Gasteiger partial charge in [-0.2, -0.15) is 5.10 Å². The number of fused-ring (bicyclic) bond motifs is 2. The van der Waals surface area contributed by atoms with Crippen LogP contribution in [0, 0.1) is 5.82 Å². The number of hydrogen-bond acceptors (Lipinski definition) is 6. The van der Waals surface area contributed by atoms with E-state index in [1.54, 1.807) is 16.9 Å². The quantitative estimate of drug-likeness (QED) is 0.333. The van der Waals surface area contributed by atoms with Crippen molar-refractivity contribution in [2.75, 3.05) is 6.54 Å². The van der Waals surface area contributed by atoms with Crippen LogP contribution in [-0.4, -0.2) is 51.8 Å². The molecule has 10 heteroatoms. The second-order valence-electron chi connectivity index (χ2n) is 9.48. The molecular formula is C25H27FN8O. The number of benzene rings is 1. The van der Waals surface area contributed by atoms with E-state index in [-0.39, 0.29) is 5.82 Å². The van der Waals surface area contributed by atoms with Crippen LogP contribution in [0.4, 0.5) is 4.39 Å². The molecule has 35 heavy (non-hydrogen) atoms. The fourth-order valence-electron chi connectivity index (χ4n) is 4.99. The first kappa shape index (κ1) is 21.9. The lowest BCUT2D eigenvalue weighted by Gasteiger charge is -2.32. The zero-order valence-corrected chi connectivity index (χ0v) is 19.3. The summed E-state index contributed by atoms with van der Waals surface area (Å²) in [6.07, 6.45) is 12.7. The zero-order valence-electron chi connectivity index (χ0n) is 19.3. The van der Waals surface area contributed by atoms with Gasteiger partial charge in [-0.3, -0.25) is 5.10 Å². The van der Waals surface area contributed by atoms with Crippen LogP contribution in [0.5, 0.6) is 0 Å². The van der Waals surface area contributed by atoms with Crippen molar-refractivity contribution >= 4 is 16.6 Å². The number of aliphatic hydroxyl groups is 1. The number of aromatic amines is 1. The van der Waals surface area contributed by atoms with E-state index < -0.39 is 5.60 Å². The Kier molecular flexibility index (Phi) is 5.54. The summed E-state index contributed by atoms with van der Waals surface area (Å²) in [5, 5.41) is 29.9. The highest BCUT2D eigenvalue weighted by molar-refractivity contribution is 5.93. The van der Waals surface area contributed by atoms with Crippen LogP contribution in [0.25, 0.3) is 27.8 Å². The molecule has 4 heterocycles. The number of hydrogen-bond donors (Lipinski definition) is 3. The lowest BCUT2D eigenvalue weighted by atomic mass is 9.85. The van der Waals surface area contributed by atoms with E-state index in [9.17, 15) is 9.50 Å². The highest BCUT2D eigenvalue weighted by Gasteiger charge is 2.28. The Balaban J connectivity index is 1.14. The molecule has 0 atom stereocenters. The third kappa shape index (κ3) is 4.42. The minimum absolute atomic E-state index is 0.349. The average Bonchev–Trinajstić information content (AvgIpc) is 3.60. The van der Waals surface area contributed by atoms with Crippen molar-refractivity contribution in [3.8, 4) is 11.3 Å². The Morgan fingerprint density at radius 3 is 2.86 bits per heavy atom. The highest BCUT2D eigenvalue weighted by atomic mass is 19.1. The molecule has 1 saturated carbocycles. The third-order valence-electron chi connectivity index (χ3n) is 6.83. The van der Waals surface area contributed by atoms with Crippen LogP contribution >= 0.6 is 0 Å². The second-order valence-corrected chi connectivity index (χ2v) is 9.48. The van der Waals surface area contributed by atoms with Gasteiger partial charge in [0.15, 0.2) is 0 Å². The average molecular weight is 475 g/mol. The van der Waals surface area contributed by atoms with Crippen molar-refractivity contribution in [1.82, 2.24) is 39.9 Å². The summed E-state index contributed by atoms with van der Waals surface area (Å²) in [7, 11) is 0. The summed E-state index contributed by atoms with van der Waals surface area (Å²) in [5.41, 5.74) is 4.04. The molecule has 1 aliphatic carbocycles. The van der Waals surface area contributed by atoms with Gasteiger partial charge in [0.25, 0.3) is 0 Å². The van der Waals surface area contributed by atoms with E-state index in [4.69, 9.17) is 4.98 Å². The number of pyridine rings is 1. The topological polar surface area (TPSA) is 109 Å². The van der Waals surface area contributed by atoms with Crippen LogP contribution in [-0.2, 0) is 13.1 Å². The van der Waals surface area contributed by atoms with Crippen LogP contribution < -0.4 is 5.32 Å². The van der Waals surface area contributed by atoms with Crippen LogP contribution in [0.1, 0.15) is 43.4 Å². The molecule has 0 bridgehead atoms. The van der Waals surface area contributed by atoms with Gasteiger partial charge in [0.05, 0.1) is 30.2 Å². The molecule has 1 fully saturated rings. The number of nitrogens with one attached hydrogen (secondary N) is 2. The van der Waals surface area contributed by atoms with Crippen molar-refractivity contribution in [3.05, 3.63) is 66.1 Å². The number of halogens is 1. The van der Waals surface area contributed by atoms with Gasteiger partial charge in [-0.25, -0.2) is 14.1 Å². The number of aromatic nitrogens is 7. The molecular weight excluding hydrogens is 447 g/mol. The maximum atomic E-state index is 14.0. The summed E-state index contributed by atoms with van der Waals surface area (Å²) < 4.78 is 17.7. The van der Waals surface area contributed by atoms with E-state index in [1.807, 2.05) is 22.9 Å². The maximum Gasteiger partial charge on any atom is 0.148 e. The normalized spacial score (nSPS) is 15.8. The SMILES string of the molecule is OC1(CNCc2ccc3nc(Cn4cc(-c5ccc(F)c6[nH]ncc56)nn4)cn3c2)CCCCC1. The fourth-order valence-corrected chi connectivity index (χ4v) is 4.99. The maximum absolute atomic E-state index is 14.0. The molecule has 0 aliphatic heterocycles. The molecule has 6 rings (SSSR count). The Morgan fingerprint density at radius 1 is 1.09 bits per heavy atom. The largest absolute Gasteiger partial charge is 0.389 e. The van der Waals surface area contributed by atoms with E-state index >= 15 is 0 Å². The lowest BCUT2D eigenvalue weighted by molar-refractivity contribution is 0.00467. The van der Waals surface area contributed by atoms with Gasteiger partial charge >= 0.3 is 0 Å². The van der Waals surface area contributed by atoms with E-state index in [2.05, 4.69) is 38.1 Å². The van der Waals surface area contributed by atoms with E-state index in [0.717, 1.165) is 48.2 Å². The van der Waals surface area contributed by atoms with Gasteiger partial charge < -0.3 is 14.8 Å². The van der Waals surface area contributed by atoms with Gasteiger partial charge in [0.1, 0.15) is 22.7 Å². The molecule has 3 N–H and O–H groups in total. The fraction of sp³-hybridized carbons (Fsp3) is 0.360. The zero-order chi connectivity index (χ0) is 23.8. The summed E-state index contributed by atoms with van der Waals surface area (Å²) >= 11 is 0. The van der Waals surface area contributed by atoms with Gasteiger partial charge in [-0.15, -0.1) is 5.10 Å². The molecule has 0 saturated heterocycles. The Bertz CT molecular complexity index is 1480. The van der Waals surface area contributed by atoms with Gasteiger partial charge in [-0.1, -0.05) is 30.5 Å². The van der Waals surface area contributed by atoms with Crippen molar-refractivity contribution in [3.63, 3.8) is 0 Å². The molecule has 0 unspecified atom stereocenters. The molecule has 9 nitrogen and oxygen atoms in total. The summed E-state index contributed by atoms with van der Waals surface area (Å²) in [6.45, 7) is 1.78. The first-order chi connectivity index (χ1) is 17.1. The van der Waals surface area contributed by atoms with Crippen molar-refractivity contribution < 1.29 is 9.50 Å². The lowest BCUT2D eigenvalue weighted by Crippen LogP contribution is -2.41. The predicted octanol–water partition coefficient (Wildman–Crippen LogP) is 3.44. The summed E-state index contributed by atoms with van der Waals surface area (Å²) in [6, 6.07) is 7.15. The van der Waals surface area contributed by atoms with Gasteiger partial charge in [0, 0.05) is 36.4 Å². The predicted molar refractivity (Wildman–Crippen MR) is 129 cm³/mol. The minimum Gasteiger partial charge on any atom is -0.389 e. The summed E-state index contributed by atoms with van der Waals surface area (Å²) in [4.78, 5) is 4.70. The van der Waals surface area contributed by atoms with Crippen molar-refractivity contribution in [2.45, 2.75) is 50.8 Å². The Labute approximate surface area is 201 Å². The molecule has 1 aliphatic rings. The van der Waals surface area contributed by atoms with Crippen molar-refractivity contribution in [2.24, 2.45) is 0 Å². The Morgan fingerprint density at radius 2 is 1.97 bits per heavy atom. The molecule has 5 aromatic rings. The number of nitrogens with zero attached hydrogens (tertiary/aromatic N) is 6. The number of rotatable bonds is 7. The minimum atomic E-state index is -0.571.